The van der Waals surface area contributed by atoms with Crippen LogP contribution >= 0.6 is 15.9 Å². The minimum atomic E-state index is -0.442. The van der Waals surface area contributed by atoms with Crippen LogP contribution in [0.4, 0.5) is 0 Å². The molecule has 0 saturated heterocycles. The van der Waals surface area contributed by atoms with Crippen molar-refractivity contribution in [1.29, 1.82) is 0 Å². The molecule has 18 heavy (non-hydrogen) atoms. The fourth-order valence-electron chi connectivity index (χ4n) is 1.36. The topological polar surface area (TPSA) is 59.5 Å². The van der Waals surface area contributed by atoms with Crippen LogP contribution in [0.2, 0.25) is 0 Å². The maximum absolute atomic E-state index is 12.2. The molecule has 1 amide bonds. The van der Waals surface area contributed by atoms with Crippen molar-refractivity contribution in [2.45, 2.75) is 19.9 Å². The number of nitrogens with zero attached hydrogens (tertiary/aromatic N) is 2. The molecule has 1 heterocycles. The minimum Gasteiger partial charge on any atom is -0.468 e. The zero-order valence-electron chi connectivity index (χ0n) is 10.5. The Balaban J connectivity index is 2.89. The second-order valence-corrected chi connectivity index (χ2v) is 4.79. The lowest BCUT2D eigenvalue weighted by Gasteiger charge is -2.25. The average Bonchev–Trinajstić information content (AvgIpc) is 2.35. The number of methoxy groups -OCH3 is 1. The Hall–Kier alpha value is -1.43. The Morgan fingerprint density at radius 1 is 1.44 bits per heavy atom. The number of carbonyl (C=O) groups is 2. The van der Waals surface area contributed by atoms with Crippen LogP contribution in [-0.2, 0) is 9.53 Å². The van der Waals surface area contributed by atoms with E-state index in [-0.39, 0.29) is 18.5 Å². The second-order valence-electron chi connectivity index (χ2n) is 3.97. The van der Waals surface area contributed by atoms with E-state index in [2.05, 4.69) is 25.7 Å². The molecule has 0 fully saturated rings. The van der Waals surface area contributed by atoms with E-state index in [4.69, 9.17) is 0 Å². The summed E-state index contributed by atoms with van der Waals surface area (Å²) in [6, 6.07) is 3.25. The lowest BCUT2D eigenvalue weighted by molar-refractivity contribution is -0.141. The van der Waals surface area contributed by atoms with Gasteiger partial charge in [-0.15, -0.1) is 0 Å². The van der Waals surface area contributed by atoms with Crippen LogP contribution in [0.5, 0.6) is 0 Å². The Bertz CT molecular complexity index is 431. The van der Waals surface area contributed by atoms with Crippen LogP contribution in [0.1, 0.15) is 24.2 Å². The van der Waals surface area contributed by atoms with E-state index in [0.29, 0.717) is 10.2 Å². The molecule has 0 aliphatic rings. The van der Waals surface area contributed by atoms with Crippen LogP contribution in [-0.4, -0.2) is 41.5 Å². The standard InChI is InChI=1S/C12H15BrN2O3/c1-8(2)15(7-11(16)18-3)12(17)9-4-5-10(13)14-6-9/h4-6,8H,7H2,1-3H3. The molecule has 0 saturated carbocycles. The van der Waals surface area contributed by atoms with E-state index < -0.39 is 5.97 Å². The molecular formula is C12H15BrN2O3. The number of hydrogen-bond donors (Lipinski definition) is 0. The lowest BCUT2D eigenvalue weighted by Crippen LogP contribution is -2.41. The highest BCUT2D eigenvalue weighted by atomic mass is 79.9. The molecule has 0 radical (unpaired) electrons. The van der Waals surface area contributed by atoms with Gasteiger partial charge in [-0.3, -0.25) is 9.59 Å². The largest absolute Gasteiger partial charge is 0.468 e. The van der Waals surface area contributed by atoms with Gasteiger partial charge in [-0.2, -0.15) is 0 Å². The number of carbonyl (C=O) groups excluding carboxylic acids is 2. The fourth-order valence-corrected chi connectivity index (χ4v) is 1.60. The van der Waals surface area contributed by atoms with Crippen molar-refractivity contribution in [2.75, 3.05) is 13.7 Å². The van der Waals surface area contributed by atoms with Crippen molar-refractivity contribution in [3.63, 3.8) is 0 Å². The third-order valence-corrected chi connectivity index (χ3v) is 2.85. The van der Waals surface area contributed by atoms with E-state index in [9.17, 15) is 9.59 Å². The van der Waals surface area contributed by atoms with Gasteiger partial charge in [0.25, 0.3) is 5.91 Å². The van der Waals surface area contributed by atoms with Crippen molar-refractivity contribution in [3.05, 3.63) is 28.5 Å². The van der Waals surface area contributed by atoms with E-state index in [1.807, 2.05) is 13.8 Å². The Labute approximate surface area is 114 Å². The molecule has 0 N–H and O–H groups in total. The maximum Gasteiger partial charge on any atom is 0.325 e. The van der Waals surface area contributed by atoms with Gasteiger partial charge in [0.15, 0.2) is 0 Å². The summed E-state index contributed by atoms with van der Waals surface area (Å²) in [5, 5.41) is 0. The predicted octanol–water partition coefficient (Wildman–Crippen LogP) is 1.87. The van der Waals surface area contributed by atoms with Crippen LogP contribution in [0.25, 0.3) is 0 Å². The number of halogens is 1. The third kappa shape index (κ3) is 3.80. The normalized spacial score (nSPS) is 10.3. The van der Waals surface area contributed by atoms with Crippen molar-refractivity contribution in [1.82, 2.24) is 9.88 Å². The number of hydrogen-bond acceptors (Lipinski definition) is 4. The van der Waals surface area contributed by atoms with Crippen molar-refractivity contribution in [3.8, 4) is 0 Å². The van der Waals surface area contributed by atoms with E-state index in [0.717, 1.165) is 0 Å². The van der Waals surface area contributed by atoms with Gasteiger partial charge in [0.05, 0.1) is 12.7 Å². The van der Waals surface area contributed by atoms with Gasteiger partial charge in [-0.25, -0.2) is 4.98 Å². The van der Waals surface area contributed by atoms with Gasteiger partial charge in [0, 0.05) is 12.2 Å². The first kappa shape index (κ1) is 14.6. The van der Waals surface area contributed by atoms with Gasteiger partial charge in [0.1, 0.15) is 11.1 Å². The molecule has 0 aliphatic heterocycles. The molecule has 0 spiro atoms. The van der Waals surface area contributed by atoms with Crippen molar-refractivity contribution >= 4 is 27.8 Å². The minimum absolute atomic E-state index is 0.0664. The molecule has 1 aromatic rings. The summed E-state index contributed by atoms with van der Waals surface area (Å²) in [6.07, 6.45) is 1.47. The van der Waals surface area contributed by atoms with Gasteiger partial charge >= 0.3 is 5.97 Å². The van der Waals surface area contributed by atoms with Gasteiger partial charge in [-0.05, 0) is 41.9 Å². The van der Waals surface area contributed by atoms with Crippen LogP contribution in [0.15, 0.2) is 22.9 Å². The highest BCUT2D eigenvalue weighted by Crippen LogP contribution is 2.11. The average molecular weight is 315 g/mol. The number of pyridine rings is 1. The quantitative estimate of drug-likeness (QED) is 0.629. The van der Waals surface area contributed by atoms with Gasteiger partial charge in [0.2, 0.25) is 0 Å². The maximum atomic E-state index is 12.2. The molecule has 6 heteroatoms. The first-order chi connectivity index (χ1) is 8.45. The zero-order chi connectivity index (χ0) is 13.7. The van der Waals surface area contributed by atoms with Crippen molar-refractivity contribution in [2.24, 2.45) is 0 Å². The van der Waals surface area contributed by atoms with Crippen LogP contribution in [0, 0.1) is 0 Å². The fraction of sp³-hybridized carbons (Fsp3) is 0.417. The molecule has 0 bridgehead atoms. The highest BCUT2D eigenvalue weighted by Gasteiger charge is 2.22. The van der Waals surface area contributed by atoms with Crippen LogP contribution in [0.3, 0.4) is 0 Å². The highest BCUT2D eigenvalue weighted by molar-refractivity contribution is 9.10. The summed E-state index contributed by atoms with van der Waals surface area (Å²) in [7, 11) is 1.30. The molecule has 0 aromatic carbocycles. The van der Waals surface area contributed by atoms with Crippen molar-refractivity contribution < 1.29 is 14.3 Å². The number of aromatic nitrogens is 1. The molecule has 0 unspecified atom stereocenters. The van der Waals surface area contributed by atoms with E-state index in [1.54, 1.807) is 12.1 Å². The third-order valence-electron chi connectivity index (χ3n) is 2.39. The summed E-state index contributed by atoms with van der Waals surface area (Å²) >= 11 is 3.20. The number of esters is 1. The lowest BCUT2D eigenvalue weighted by atomic mass is 10.2. The molecule has 1 rings (SSSR count). The number of amides is 1. The molecule has 0 atom stereocenters. The number of ether oxygens (including phenoxy) is 1. The van der Waals surface area contributed by atoms with Crippen LogP contribution < -0.4 is 0 Å². The first-order valence-corrected chi connectivity index (χ1v) is 6.24. The van der Waals surface area contributed by atoms with Gasteiger partial charge in [-0.1, -0.05) is 0 Å². The van der Waals surface area contributed by atoms with E-state index >= 15 is 0 Å². The first-order valence-electron chi connectivity index (χ1n) is 5.45. The SMILES string of the molecule is COC(=O)CN(C(=O)c1ccc(Br)nc1)C(C)C. The summed E-state index contributed by atoms with van der Waals surface area (Å²) in [5.74, 6) is -0.683. The Kier molecular flexibility index (Phi) is 5.27. The summed E-state index contributed by atoms with van der Waals surface area (Å²) in [5.41, 5.74) is 0.441. The molecule has 5 nitrogen and oxygen atoms in total. The Morgan fingerprint density at radius 3 is 2.56 bits per heavy atom. The summed E-state index contributed by atoms with van der Waals surface area (Å²) < 4.78 is 5.24. The summed E-state index contributed by atoms with van der Waals surface area (Å²) in [6.45, 7) is 3.61. The zero-order valence-corrected chi connectivity index (χ0v) is 12.1. The second kappa shape index (κ2) is 6.49. The number of rotatable bonds is 4. The van der Waals surface area contributed by atoms with E-state index in [1.165, 1.54) is 18.2 Å². The Morgan fingerprint density at radius 2 is 2.11 bits per heavy atom. The smallest absolute Gasteiger partial charge is 0.325 e. The molecular weight excluding hydrogens is 300 g/mol. The molecule has 0 aliphatic carbocycles. The molecule has 98 valence electrons. The predicted molar refractivity (Wildman–Crippen MR) is 70.1 cm³/mol. The molecule has 1 aromatic heterocycles. The van der Waals surface area contributed by atoms with Gasteiger partial charge < -0.3 is 9.64 Å². The summed E-state index contributed by atoms with van der Waals surface area (Å²) in [4.78, 5) is 28.9. The monoisotopic (exact) mass is 314 g/mol.